The van der Waals surface area contributed by atoms with Crippen molar-refractivity contribution in [3.8, 4) is 0 Å². The summed E-state index contributed by atoms with van der Waals surface area (Å²) < 4.78 is 5.19. The van der Waals surface area contributed by atoms with E-state index in [2.05, 4.69) is 25.1 Å². The van der Waals surface area contributed by atoms with Gasteiger partial charge in [-0.25, -0.2) is 0 Å². The predicted molar refractivity (Wildman–Crippen MR) is 53.6 cm³/mol. The minimum absolute atomic E-state index is 0.700. The van der Waals surface area contributed by atoms with Gasteiger partial charge < -0.3 is 4.74 Å². The van der Waals surface area contributed by atoms with Gasteiger partial charge in [-0.1, -0.05) is 18.2 Å². The maximum atomic E-state index is 5.19. The van der Waals surface area contributed by atoms with Crippen molar-refractivity contribution in [2.75, 3.05) is 7.11 Å². The summed E-state index contributed by atoms with van der Waals surface area (Å²) >= 11 is 0. The lowest BCUT2D eigenvalue weighted by Crippen LogP contribution is -1.97. The van der Waals surface area contributed by atoms with Gasteiger partial charge in [-0.15, -0.1) is 0 Å². The first-order chi connectivity index (χ1) is 6.33. The standard InChI is InChI=1S/C12H15O/c1-9-4-3-5-11(10-6-7-10)12(9)8-13-2/h3-5,10H,1,6-8H2,2H3. The van der Waals surface area contributed by atoms with Crippen LogP contribution in [0.4, 0.5) is 0 Å². The number of rotatable bonds is 3. The topological polar surface area (TPSA) is 9.23 Å². The highest BCUT2D eigenvalue weighted by atomic mass is 16.5. The van der Waals surface area contributed by atoms with E-state index >= 15 is 0 Å². The van der Waals surface area contributed by atoms with Crippen LogP contribution in [-0.4, -0.2) is 7.11 Å². The Hall–Kier alpha value is -0.820. The fraction of sp³-hybridized carbons (Fsp3) is 0.417. The Morgan fingerprint density at radius 3 is 2.85 bits per heavy atom. The van der Waals surface area contributed by atoms with Crippen LogP contribution in [0.2, 0.25) is 0 Å². The van der Waals surface area contributed by atoms with Crippen molar-refractivity contribution in [1.29, 1.82) is 0 Å². The third kappa shape index (κ3) is 1.75. The van der Waals surface area contributed by atoms with Gasteiger partial charge in [0.1, 0.15) is 0 Å². The van der Waals surface area contributed by atoms with Gasteiger partial charge in [0.05, 0.1) is 6.61 Å². The lowest BCUT2D eigenvalue weighted by molar-refractivity contribution is 0.184. The van der Waals surface area contributed by atoms with Crippen LogP contribution < -0.4 is 0 Å². The van der Waals surface area contributed by atoms with Gasteiger partial charge in [-0.2, -0.15) is 0 Å². The van der Waals surface area contributed by atoms with Gasteiger partial charge >= 0.3 is 0 Å². The highest BCUT2D eigenvalue weighted by Gasteiger charge is 2.26. The van der Waals surface area contributed by atoms with Crippen molar-refractivity contribution in [3.63, 3.8) is 0 Å². The SMILES string of the molecule is [CH2]c1cccc(C2CC2)c1COC. The maximum absolute atomic E-state index is 5.19. The third-order valence-corrected chi connectivity index (χ3v) is 2.62. The average molecular weight is 175 g/mol. The molecule has 0 spiro atoms. The molecule has 13 heavy (non-hydrogen) atoms. The zero-order valence-electron chi connectivity index (χ0n) is 8.05. The predicted octanol–water partition coefficient (Wildman–Crippen LogP) is 2.89. The van der Waals surface area contributed by atoms with Crippen molar-refractivity contribution < 1.29 is 4.74 Å². The lowest BCUT2D eigenvalue weighted by Gasteiger charge is -2.10. The second-order valence-electron chi connectivity index (χ2n) is 3.69. The van der Waals surface area contributed by atoms with Crippen molar-refractivity contribution in [2.45, 2.75) is 25.4 Å². The Morgan fingerprint density at radius 2 is 2.23 bits per heavy atom. The normalized spacial score (nSPS) is 16.2. The van der Waals surface area contributed by atoms with Crippen molar-refractivity contribution in [1.82, 2.24) is 0 Å². The number of hydrogen-bond acceptors (Lipinski definition) is 1. The second kappa shape index (κ2) is 3.51. The average Bonchev–Trinajstić information content (AvgIpc) is 2.92. The van der Waals surface area contributed by atoms with Crippen LogP contribution in [0.5, 0.6) is 0 Å². The Bertz CT molecular complexity index is 300. The van der Waals surface area contributed by atoms with Gasteiger partial charge in [0.15, 0.2) is 0 Å². The van der Waals surface area contributed by atoms with Gasteiger partial charge in [0, 0.05) is 7.11 Å². The molecule has 0 unspecified atom stereocenters. The van der Waals surface area contributed by atoms with E-state index in [0.717, 1.165) is 11.5 Å². The first-order valence-corrected chi connectivity index (χ1v) is 4.75. The largest absolute Gasteiger partial charge is 0.380 e. The van der Waals surface area contributed by atoms with Crippen LogP contribution >= 0.6 is 0 Å². The van der Waals surface area contributed by atoms with Gasteiger partial charge in [-0.3, -0.25) is 0 Å². The Morgan fingerprint density at radius 1 is 1.46 bits per heavy atom. The van der Waals surface area contributed by atoms with E-state index in [1.807, 2.05) is 0 Å². The molecule has 0 saturated heterocycles. The molecule has 0 atom stereocenters. The van der Waals surface area contributed by atoms with Crippen LogP contribution in [0, 0.1) is 6.92 Å². The highest BCUT2D eigenvalue weighted by Crippen LogP contribution is 2.42. The van der Waals surface area contributed by atoms with Crippen molar-refractivity contribution in [3.05, 3.63) is 41.8 Å². The molecule has 1 heteroatoms. The molecule has 69 valence electrons. The van der Waals surface area contributed by atoms with Crippen LogP contribution in [0.1, 0.15) is 35.4 Å². The van der Waals surface area contributed by atoms with E-state index in [-0.39, 0.29) is 0 Å². The van der Waals surface area contributed by atoms with Crippen LogP contribution in [0.3, 0.4) is 0 Å². The molecule has 0 heterocycles. The van der Waals surface area contributed by atoms with Crippen molar-refractivity contribution in [2.24, 2.45) is 0 Å². The van der Waals surface area contributed by atoms with Gasteiger partial charge in [-0.05, 0) is 42.4 Å². The molecule has 1 aliphatic rings. The Labute approximate surface area is 79.7 Å². The number of methoxy groups -OCH3 is 1. The molecule has 2 rings (SSSR count). The molecule has 1 fully saturated rings. The fourth-order valence-corrected chi connectivity index (χ4v) is 1.75. The molecule has 1 radical (unpaired) electrons. The molecule has 1 aromatic carbocycles. The second-order valence-corrected chi connectivity index (χ2v) is 3.69. The minimum Gasteiger partial charge on any atom is -0.380 e. The first-order valence-electron chi connectivity index (χ1n) is 4.75. The Balaban J connectivity index is 2.35. The van der Waals surface area contributed by atoms with E-state index in [4.69, 9.17) is 4.74 Å². The summed E-state index contributed by atoms with van der Waals surface area (Å²) in [5.74, 6) is 0.784. The van der Waals surface area contributed by atoms with Crippen LogP contribution in [0.25, 0.3) is 0 Å². The first kappa shape index (κ1) is 8.76. The van der Waals surface area contributed by atoms with Crippen molar-refractivity contribution >= 4 is 0 Å². The molecule has 0 aliphatic heterocycles. The summed E-state index contributed by atoms with van der Waals surface area (Å²) in [7, 11) is 1.74. The van der Waals surface area contributed by atoms with E-state index in [9.17, 15) is 0 Å². The number of hydrogen-bond donors (Lipinski definition) is 0. The Kier molecular flexibility index (Phi) is 2.36. The van der Waals surface area contributed by atoms with E-state index in [1.165, 1.54) is 24.0 Å². The molecule has 0 aromatic heterocycles. The smallest absolute Gasteiger partial charge is 0.0718 e. The molecule has 1 nitrogen and oxygen atoms in total. The zero-order valence-corrected chi connectivity index (χ0v) is 8.05. The fourth-order valence-electron chi connectivity index (χ4n) is 1.75. The molecule has 0 amide bonds. The molecular formula is C12H15O. The summed E-state index contributed by atoms with van der Waals surface area (Å²) in [6.45, 7) is 4.73. The maximum Gasteiger partial charge on any atom is 0.0718 e. The summed E-state index contributed by atoms with van der Waals surface area (Å²) in [5, 5.41) is 0. The molecule has 1 aromatic rings. The molecule has 1 aliphatic carbocycles. The third-order valence-electron chi connectivity index (χ3n) is 2.62. The summed E-state index contributed by atoms with van der Waals surface area (Å²) in [5.41, 5.74) is 3.87. The van der Waals surface area contributed by atoms with E-state index < -0.39 is 0 Å². The van der Waals surface area contributed by atoms with Gasteiger partial charge in [0.2, 0.25) is 0 Å². The quantitative estimate of drug-likeness (QED) is 0.686. The van der Waals surface area contributed by atoms with E-state index in [0.29, 0.717) is 6.61 Å². The molecular weight excluding hydrogens is 160 g/mol. The molecule has 0 bridgehead atoms. The summed E-state index contributed by atoms with van der Waals surface area (Å²) in [6.07, 6.45) is 2.67. The summed E-state index contributed by atoms with van der Waals surface area (Å²) in [4.78, 5) is 0. The molecule has 0 N–H and O–H groups in total. The number of ether oxygens (including phenoxy) is 1. The van der Waals surface area contributed by atoms with Crippen LogP contribution in [-0.2, 0) is 11.3 Å². The minimum atomic E-state index is 0.700. The zero-order chi connectivity index (χ0) is 9.26. The van der Waals surface area contributed by atoms with E-state index in [1.54, 1.807) is 7.11 Å². The molecule has 1 saturated carbocycles. The monoisotopic (exact) mass is 175 g/mol. The number of benzene rings is 1. The lowest BCUT2D eigenvalue weighted by atomic mass is 9.99. The summed E-state index contributed by atoms with van der Waals surface area (Å²) in [6, 6.07) is 6.36. The highest BCUT2D eigenvalue weighted by molar-refractivity contribution is 5.40. The van der Waals surface area contributed by atoms with Gasteiger partial charge in [0.25, 0.3) is 0 Å². The van der Waals surface area contributed by atoms with Crippen LogP contribution in [0.15, 0.2) is 18.2 Å².